The minimum atomic E-state index is -4.83. The molecule has 0 radical (unpaired) electrons. The Morgan fingerprint density at radius 1 is 1.19 bits per heavy atom. The predicted octanol–water partition coefficient (Wildman–Crippen LogP) is 3.77. The van der Waals surface area contributed by atoms with Gasteiger partial charge < -0.3 is 4.90 Å². The first-order chi connectivity index (χ1) is 9.98. The van der Waals surface area contributed by atoms with E-state index >= 15 is 0 Å². The Balaban J connectivity index is 2.06. The molecule has 1 aliphatic heterocycles. The number of alkyl halides is 3. The quantitative estimate of drug-likeness (QED) is 0.722. The van der Waals surface area contributed by atoms with Gasteiger partial charge in [-0.1, -0.05) is 42.5 Å². The summed E-state index contributed by atoms with van der Waals surface area (Å²) >= 11 is 0. The number of amides is 1. The summed E-state index contributed by atoms with van der Waals surface area (Å²) in [6.07, 6.45) is 0.149. The molecule has 1 unspecified atom stereocenters. The second-order valence-corrected chi connectivity index (χ2v) is 5.21. The fourth-order valence-corrected chi connectivity index (χ4v) is 3.02. The van der Waals surface area contributed by atoms with Crippen molar-refractivity contribution in [2.75, 3.05) is 6.54 Å². The maximum Gasteiger partial charge on any atom is 0.471 e. The zero-order valence-corrected chi connectivity index (χ0v) is 11.2. The molecule has 2 nitrogen and oxygen atoms in total. The Kier molecular flexibility index (Phi) is 3.35. The summed E-state index contributed by atoms with van der Waals surface area (Å²) in [5.41, 5.74) is 2.22. The molecule has 0 aromatic heterocycles. The molecule has 110 valence electrons. The van der Waals surface area contributed by atoms with Crippen LogP contribution in [0.1, 0.15) is 18.4 Å². The zero-order valence-electron chi connectivity index (χ0n) is 11.2. The van der Waals surface area contributed by atoms with Crippen LogP contribution in [-0.4, -0.2) is 23.5 Å². The normalized spacial score (nSPS) is 21.7. The van der Waals surface area contributed by atoms with Crippen LogP contribution in [0.5, 0.6) is 0 Å². The number of halogens is 3. The van der Waals surface area contributed by atoms with E-state index in [9.17, 15) is 18.0 Å². The standard InChI is InChI=1S/C16H14F3NO/c17-16(18,19)15(21)20-10-9-12-7-4-8-13(14(12)20)11-5-2-1-3-6-11/h1-7,12H,8-10H2. The van der Waals surface area contributed by atoms with Crippen molar-refractivity contribution in [3.63, 3.8) is 0 Å². The molecule has 2 aliphatic rings. The second kappa shape index (κ2) is 5.06. The highest BCUT2D eigenvalue weighted by Crippen LogP contribution is 2.41. The number of carbonyl (C=O) groups excluding carboxylic acids is 1. The van der Waals surface area contributed by atoms with Crippen LogP contribution in [0.4, 0.5) is 13.2 Å². The van der Waals surface area contributed by atoms with Gasteiger partial charge in [-0.05, 0) is 24.0 Å². The van der Waals surface area contributed by atoms with Gasteiger partial charge in [-0.25, -0.2) is 0 Å². The van der Waals surface area contributed by atoms with E-state index in [-0.39, 0.29) is 12.5 Å². The SMILES string of the molecule is O=C(N1CCC2C=CCC(c3ccccc3)=C21)C(F)(F)F. The Morgan fingerprint density at radius 2 is 1.90 bits per heavy atom. The van der Waals surface area contributed by atoms with Crippen LogP contribution < -0.4 is 0 Å². The predicted molar refractivity (Wildman–Crippen MR) is 73.0 cm³/mol. The number of hydrogen-bond acceptors (Lipinski definition) is 1. The van der Waals surface area contributed by atoms with Gasteiger partial charge >= 0.3 is 12.1 Å². The topological polar surface area (TPSA) is 20.3 Å². The molecule has 1 aromatic rings. The number of benzene rings is 1. The number of allylic oxidation sites excluding steroid dienone is 3. The van der Waals surface area contributed by atoms with Gasteiger partial charge in [-0.2, -0.15) is 13.2 Å². The Labute approximate surface area is 120 Å². The van der Waals surface area contributed by atoms with Crippen molar-refractivity contribution in [3.05, 3.63) is 53.7 Å². The van der Waals surface area contributed by atoms with E-state index < -0.39 is 12.1 Å². The molecule has 3 rings (SSSR count). The van der Waals surface area contributed by atoms with Crippen LogP contribution in [-0.2, 0) is 4.79 Å². The third-order valence-corrected chi connectivity index (χ3v) is 3.92. The van der Waals surface area contributed by atoms with Crippen LogP contribution in [0.25, 0.3) is 5.57 Å². The van der Waals surface area contributed by atoms with Crippen molar-refractivity contribution in [3.8, 4) is 0 Å². The molecular formula is C16H14F3NO. The fourth-order valence-electron chi connectivity index (χ4n) is 3.02. The van der Waals surface area contributed by atoms with Gasteiger partial charge in [0.1, 0.15) is 0 Å². The van der Waals surface area contributed by atoms with E-state index in [0.717, 1.165) is 16.0 Å². The number of hydrogen-bond donors (Lipinski definition) is 0. The molecule has 0 spiro atoms. The lowest BCUT2D eigenvalue weighted by atomic mass is 9.89. The number of fused-ring (bicyclic) bond motifs is 1. The Bertz CT molecular complexity index is 616. The summed E-state index contributed by atoms with van der Waals surface area (Å²) in [6.45, 7) is 0.124. The van der Waals surface area contributed by atoms with E-state index in [2.05, 4.69) is 0 Å². The second-order valence-electron chi connectivity index (χ2n) is 5.21. The van der Waals surface area contributed by atoms with Crippen molar-refractivity contribution in [2.24, 2.45) is 5.92 Å². The van der Waals surface area contributed by atoms with Gasteiger partial charge in [0.2, 0.25) is 0 Å². The van der Waals surface area contributed by atoms with E-state index in [1.165, 1.54) is 0 Å². The number of nitrogens with zero attached hydrogens (tertiary/aromatic N) is 1. The highest BCUT2D eigenvalue weighted by atomic mass is 19.4. The molecule has 5 heteroatoms. The fraction of sp³-hybridized carbons (Fsp3) is 0.312. The zero-order chi connectivity index (χ0) is 15.0. The van der Waals surface area contributed by atoms with Crippen LogP contribution in [0.2, 0.25) is 0 Å². The Morgan fingerprint density at radius 3 is 2.57 bits per heavy atom. The van der Waals surface area contributed by atoms with Gasteiger partial charge in [0, 0.05) is 18.2 Å². The molecule has 1 atom stereocenters. The lowest BCUT2D eigenvalue weighted by Gasteiger charge is -2.26. The van der Waals surface area contributed by atoms with Crippen LogP contribution in [0, 0.1) is 5.92 Å². The number of rotatable bonds is 1. The van der Waals surface area contributed by atoms with Crippen molar-refractivity contribution in [1.82, 2.24) is 4.90 Å². The molecule has 1 amide bonds. The molecular weight excluding hydrogens is 279 g/mol. The summed E-state index contributed by atoms with van der Waals surface area (Å²) in [4.78, 5) is 12.6. The van der Waals surface area contributed by atoms with E-state index in [1.807, 2.05) is 42.5 Å². The first kappa shape index (κ1) is 13.9. The van der Waals surface area contributed by atoms with Crippen molar-refractivity contribution in [2.45, 2.75) is 19.0 Å². The van der Waals surface area contributed by atoms with Gasteiger partial charge in [0.15, 0.2) is 0 Å². The summed E-state index contributed by atoms with van der Waals surface area (Å²) < 4.78 is 38.3. The van der Waals surface area contributed by atoms with Crippen LogP contribution in [0.15, 0.2) is 48.2 Å². The van der Waals surface area contributed by atoms with Crippen LogP contribution in [0.3, 0.4) is 0 Å². The molecule has 21 heavy (non-hydrogen) atoms. The smallest absolute Gasteiger partial charge is 0.307 e. The van der Waals surface area contributed by atoms with E-state index in [0.29, 0.717) is 18.5 Å². The van der Waals surface area contributed by atoms with Crippen molar-refractivity contribution in [1.29, 1.82) is 0 Å². The highest BCUT2D eigenvalue weighted by molar-refractivity contribution is 5.87. The minimum absolute atomic E-state index is 0.0970. The summed E-state index contributed by atoms with van der Waals surface area (Å²) in [5.74, 6) is -1.86. The van der Waals surface area contributed by atoms with Crippen LogP contribution >= 0.6 is 0 Å². The van der Waals surface area contributed by atoms with Crippen molar-refractivity contribution < 1.29 is 18.0 Å². The average Bonchev–Trinajstić information content (AvgIpc) is 2.90. The lowest BCUT2D eigenvalue weighted by molar-refractivity contribution is -0.182. The summed E-state index contributed by atoms with van der Waals surface area (Å²) in [7, 11) is 0. The Hall–Kier alpha value is -2.04. The van der Waals surface area contributed by atoms with Gasteiger partial charge in [-0.15, -0.1) is 0 Å². The number of carbonyl (C=O) groups is 1. The van der Waals surface area contributed by atoms with E-state index in [4.69, 9.17) is 0 Å². The molecule has 1 aliphatic carbocycles. The molecule has 1 heterocycles. The van der Waals surface area contributed by atoms with Gasteiger partial charge in [-0.3, -0.25) is 4.79 Å². The average molecular weight is 293 g/mol. The number of likely N-dealkylation sites (tertiary alicyclic amines) is 1. The maximum atomic E-state index is 12.8. The van der Waals surface area contributed by atoms with Crippen molar-refractivity contribution >= 4 is 11.5 Å². The molecule has 1 fully saturated rings. The minimum Gasteiger partial charge on any atom is -0.307 e. The summed E-state index contributed by atoms with van der Waals surface area (Å²) in [6, 6.07) is 9.29. The van der Waals surface area contributed by atoms with E-state index in [1.54, 1.807) is 0 Å². The third-order valence-electron chi connectivity index (χ3n) is 3.92. The molecule has 0 bridgehead atoms. The molecule has 0 N–H and O–H groups in total. The first-order valence-corrected chi connectivity index (χ1v) is 6.82. The molecule has 0 saturated carbocycles. The first-order valence-electron chi connectivity index (χ1n) is 6.82. The maximum absolute atomic E-state index is 12.8. The third kappa shape index (κ3) is 2.48. The molecule has 1 aromatic carbocycles. The largest absolute Gasteiger partial charge is 0.471 e. The summed E-state index contributed by atoms with van der Waals surface area (Å²) in [5, 5.41) is 0. The van der Waals surface area contributed by atoms with Gasteiger partial charge in [0.05, 0.1) is 0 Å². The monoisotopic (exact) mass is 293 g/mol. The highest BCUT2D eigenvalue weighted by Gasteiger charge is 2.47. The molecule has 1 saturated heterocycles. The lowest BCUT2D eigenvalue weighted by Crippen LogP contribution is -2.39. The van der Waals surface area contributed by atoms with Gasteiger partial charge in [0.25, 0.3) is 0 Å².